The quantitative estimate of drug-likeness (QED) is 0.471. The Morgan fingerprint density at radius 1 is 0.970 bits per heavy atom. The van der Waals surface area contributed by atoms with Gasteiger partial charge >= 0.3 is 0 Å². The normalized spacial score (nSPS) is 23.2. The first-order valence-corrected chi connectivity index (χ1v) is 11.4. The van der Waals surface area contributed by atoms with Crippen LogP contribution in [-0.4, -0.2) is 24.0 Å². The van der Waals surface area contributed by atoms with E-state index in [0.717, 1.165) is 23.2 Å². The third kappa shape index (κ3) is 2.92. The maximum absolute atomic E-state index is 13.7. The summed E-state index contributed by atoms with van der Waals surface area (Å²) in [5.74, 6) is 1.27. The number of hydrogen-bond acceptors (Lipinski definition) is 4. The predicted molar refractivity (Wildman–Crippen MR) is 129 cm³/mol. The summed E-state index contributed by atoms with van der Waals surface area (Å²) >= 11 is 6.18. The van der Waals surface area contributed by atoms with Gasteiger partial charge in [0, 0.05) is 27.6 Å². The number of aliphatic imine (C=N–C) groups is 1. The van der Waals surface area contributed by atoms with Gasteiger partial charge in [0.1, 0.15) is 5.71 Å². The summed E-state index contributed by atoms with van der Waals surface area (Å²) in [6, 6.07) is 19.7. The van der Waals surface area contributed by atoms with E-state index in [4.69, 9.17) is 26.1 Å². The summed E-state index contributed by atoms with van der Waals surface area (Å²) < 4.78 is 10.9. The van der Waals surface area contributed by atoms with Gasteiger partial charge in [-0.15, -0.1) is 0 Å². The van der Waals surface area contributed by atoms with Gasteiger partial charge < -0.3 is 14.4 Å². The highest BCUT2D eigenvalue weighted by Gasteiger charge is 2.53. The Morgan fingerprint density at radius 3 is 2.52 bits per heavy atom. The first-order chi connectivity index (χ1) is 15.8. The molecule has 0 radical (unpaired) electrons. The number of carbonyl (C=O) groups excluding carboxylic acids is 1. The van der Waals surface area contributed by atoms with Gasteiger partial charge in [-0.2, -0.15) is 0 Å². The summed E-state index contributed by atoms with van der Waals surface area (Å²) in [5, 5.41) is 0.714. The third-order valence-corrected chi connectivity index (χ3v) is 7.24. The van der Waals surface area contributed by atoms with Crippen LogP contribution in [-0.2, 0) is 10.2 Å². The number of ether oxygens (including phenoxy) is 2. The van der Waals surface area contributed by atoms with Crippen LogP contribution in [0, 0.1) is 0 Å². The van der Waals surface area contributed by atoms with E-state index in [0.29, 0.717) is 27.9 Å². The third-order valence-electron chi connectivity index (χ3n) is 6.98. The Balaban J connectivity index is 1.54. The molecule has 5 nitrogen and oxygen atoms in total. The Bertz CT molecular complexity index is 1350. The van der Waals surface area contributed by atoms with Crippen molar-refractivity contribution in [2.75, 3.05) is 11.7 Å². The molecule has 33 heavy (non-hydrogen) atoms. The summed E-state index contributed by atoms with van der Waals surface area (Å²) in [4.78, 5) is 20.5. The molecule has 0 spiro atoms. The summed E-state index contributed by atoms with van der Waals surface area (Å²) in [6.07, 6.45) is 0.779. The van der Waals surface area contributed by atoms with Crippen LogP contribution in [0.2, 0.25) is 5.02 Å². The highest BCUT2D eigenvalue weighted by molar-refractivity contribution is 6.55. The van der Waals surface area contributed by atoms with Crippen LogP contribution in [0.4, 0.5) is 11.4 Å². The monoisotopic (exact) mass is 458 g/mol. The second-order valence-electron chi connectivity index (χ2n) is 9.67. The molecule has 0 bridgehead atoms. The molecule has 6 heteroatoms. The molecule has 0 aliphatic carbocycles. The van der Waals surface area contributed by atoms with E-state index >= 15 is 0 Å². The lowest BCUT2D eigenvalue weighted by Gasteiger charge is -2.49. The number of carbonyl (C=O) groups is 1. The van der Waals surface area contributed by atoms with Crippen molar-refractivity contribution in [3.05, 3.63) is 82.4 Å². The van der Waals surface area contributed by atoms with E-state index in [-0.39, 0.29) is 18.1 Å². The number of rotatable bonds is 2. The number of anilines is 1. The van der Waals surface area contributed by atoms with Gasteiger partial charge in [0.2, 0.25) is 6.79 Å². The van der Waals surface area contributed by atoms with Crippen LogP contribution in [0.15, 0.2) is 65.7 Å². The molecule has 0 saturated heterocycles. The molecular weight excluding hydrogens is 436 g/mol. The molecule has 6 rings (SSSR count). The van der Waals surface area contributed by atoms with Crippen LogP contribution < -0.4 is 14.4 Å². The molecule has 1 atom stereocenters. The molecule has 0 saturated carbocycles. The first-order valence-electron chi connectivity index (χ1n) is 11.0. The van der Waals surface area contributed by atoms with Crippen LogP contribution in [0.5, 0.6) is 11.5 Å². The molecule has 1 unspecified atom stereocenters. The lowest BCUT2D eigenvalue weighted by molar-refractivity contribution is -0.113. The van der Waals surface area contributed by atoms with Crippen LogP contribution in [0.25, 0.3) is 0 Å². The zero-order valence-electron chi connectivity index (χ0n) is 18.7. The summed E-state index contributed by atoms with van der Waals surface area (Å²) in [5.41, 5.74) is 4.58. The minimum atomic E-state index is -0.402. The maximum Gasteiger partial charge on any atom is 0.278 e. The first kappa shape index (κ1) is 20.3. The molecule has 3 aliphatic rings. The van der Waals surface area contributed by atoms with E-state index in [1.165, 1.54) is 5.56 Å². The van der Waals surface area contributed by atoms with Crippen LogP contribution in [0.1, 0.15) is 43.9 Å². The fourth-order valence-electron chi connectivity index (χ4n) is 5.63. The Kier molecular flexibility index (Phi) is 4.21. The molecule has 0 aromatic heterocycles. The average molecular weight is 459 g/mol. The number of nitrogens with zero attached hydrogens (tertiary/aromatic N) is 2. The summed E-state index contributed by atoms with van der Waals surface area (Å²) in [6.45, 7) is 6.71. The molecule has 1 amide bonds. The SMILES string of the molecule is CC1(c2ccc(Cl)cc2)CC(C)(C)N2C(=O)C(=Nc3ccc4c(c3)OCO4)c3cccc1c32. The molecule has 3 aromatic rings. The van der Waals surface area contributed by atoms with E-state index in [1.54, 1.807) is 0 Å². The minimum Gasteiger partial charge on any atom is -0.454 e. The topological polar surface area (TPSA) is 51.1 Å². The Morgan fingerprint density at radius 2 is 1.73 bits per heavy atom. The molecule has 166 valence electrons. The zero-order chi connectivity index (χ0) is 23.0. The van der Waals surface area contributed by atoms with Crippen molar-refractivity contribution in [1.82, 2.24) is 0 Å². The van der Waals surface area contributed by atoms with E-state index < -0.39 is 5.54 Å². The van der Waals surface area contributed by atoms with Crippen molar-refractivity contribution >= 4 is 34.6 Å². The van der Waals surface area contributed by atoms with Gasteiger partial charge in [-0.1, -0.05) is 48.9 Å². The zero-order valence-corrected chi connectivity index (χ0v) is 19.4. The lowest BCUT2D eigenvalue weighted by atomic mass is 9.65. The Labute approximate surface area is 197 Å². The highest BCUT2D eigenvalue weighted by Crippen LogP contribution is 2.54. The fourth-order valence-corrected chi connectivity index (χ4v) is 5.75. The number of para-hydroxylation sites is 1. The van der Waals surface area contributed by atoms with Gasteiger partial charge in [-0.3, -0.25) is 4.79 Å². The second-order valence-corrected chi connectivity index (χ2v) is 10.1. The largest absolute Gasteiger partial charge is 0.454 e. The van der Waals surface area contributed by atoms with Gasteiger partial charge in [0.25, 0.3) is 5.91 Å². The van der Waals surface area contributed by atoms with Gasteiger partial charge in [0.05, 0.1) is 11.4 Å². The fraction of sp³-hybridized carbons (Fsp3) is 0.259. The maximum atomic E-state index is 13.7. The number of hydrogen-bond donors (Lipinski definition) is 0. The van der Waals surface area contributed by atoms with Crippen molar-refractivity contribution in [1.29, 1.82) is 0 Å². The van der Waals surface area contributed by atoms with Gasteiger partial charge in [-0.05, 0) is 55.7 Å². The number of amides is 1. The van der Waals surface area contributed by atoms with Crippen molar-refractivity contribution in [2.24, 2.45) is 4.99 Å². The number of halogens is 1. The molecular formula is C27H23ClN2O3. The van der Waals surface area contributed by atoms with Crippen LogP contribution in [0.3, 0.4) is 0 Å². The van der Waals surface area contributed by atoms with E-state index in [2.05, 4.69) is 39.0 Å². The minimum absolute atomic E-state index is 0.0710. The van der Waals surface area contributed by atoms with Crippen molar-refractivity contribution in [2.45, 2.75) is 38.1 Å². The standard InChI is InChI=1S/C27H23ClN2O3/c1-26(2)14-27(3,16-7-9-17(28)10-8-16)20-6-4-5-19-23(25(31)30(26)24(19)20)29-18-11-12-21-22(13-18)33-15-32-21/h4-13H,14-15H2,1-3H3. The smallest absolute Gasteiger partial charge is 0.278 e. The van der Waals surface area contributed by atoms with Gasteiger partial charge in [0.15, 0.2) is 11.5 Å². The van der Waals surface area contributed by atoms with Crippen molar-refractivity contribution in [3.8, 4) is 11.5 Å². The number of benzene rings is 3. The second kappa shape index (κ2) is 6.84. The molecule has 0 N–H and O–H groups in total. The number of fused-ring (bicyclic) bond motifs is 1. The lowest BCUT2D eigenvalue weighted by Crippen LogP contribution is -2.54. The van der Waals surface area contributed by atoms with Gasteiger partial charge in [-0.25, -0.2) is 4.99 Å². The van der Waals surface area contributed by atoms with Crippen LogP contribution >= 0.6 is 11.6 Å². The molecule has 3 heterocycles. The Hall–Kier alpha value is -3.31. The van der Waals surface area contributed by atoms with Crippen molar-refractivity contribution in [3.63, 3.8) is 0 Å². The van der Waals surface area contributed by atoms with Crippen molar-refractivity contribution < 1.29 is 14.3 Å². The predicted octanol–water partition coefficient (Wildman–Crippen LogP) is 6.02. The molecule has 0 fully saturated rings. The van der Waals surface area contributed by atoms with E-state index in [9.17, 15) is 4.79 Å². The van der Waals surface area contributed by atoms with E-state index in [1.807, 2.05) is 47.4 Å². The highest BCUT2D eigenvalue weighted by atomic mass is 35.5. The summed E-state index contributed by atoms with van der Waals surface area (Å²) in [7, 11) is 0. The molecule has 3 aromatic carbocycles. The molecule has 3 aliphatic heterocycles. The average Bonchev–Trinajstić information content (AvgIpc) is 3.35.